The van der Waals surface area contributed by atoms with Crippen molar-refractivity contribution in [2.75, 3.05) is 20.2 Å². The van der Waals surface area contributed by atoms with Crippen LogP contribution in [0, 0.1) is 5.92 Å². The van der Waals surface area contributed by atoms with Crippen molar-refractivity contribution in [3.05, 3.63) is 40.2 Å². The molecule has 1 aromatic carbocycles. The largest absolute Gasteiger partial charge is 0.493 e. The molecule has 0 atom stereocenters. The second-order valence-electron chi connectivity index (χ2n) is 9.20. The number of ether oxygens (including phenoxy) is 3. The van der Waals surface area contributed by atoms with Gasteiger partial charge in [-0.3, -0.25) is 9.59 Å². The number of benzene rings is 1. The molecule has 2 N–H and O–H groups in total. The van der Waals surface area contributed by atoms with Gasteiger partial charge in [-0.15, -0.1) is 0 Å². The molecule has 36 heavy (non-hydrogen) atoms. The topological polar surface area (TPSA) is 104 Å². The fourth-order valence-corrected chi connectivity index (χ4v) is 4.99. The van der Waals surface area contributed by atoms with Crippen molar-refractivity contribution in [2.24, 2.45) is 5.92 Å². The number of fused-ring (bicyclic) bond motifs is 3. The van der Waals surface area contributed by atoms with Crippen LogP contribution in [0.3, 0.4) is 0 Å². The first-order valence-electron chi connectivity index (χ1n) is 12.2. The molecule has 9 nitrogen and oxygen atoms in total. The Labute approximate surface area is 213 Å². The predicted octanol–water partition coefficient (Wildman–Crippen LogP) is 3.94. The van der Waals surface area contributed by atoms with Crippen molar-refractivity contribution in [3.8, 4) is 34.2 Å². The molecule has 3 heterocycles. The molecule has 5 rings (SSSR count). The Morgan fingerprint density at radius 1 is 1.22 bits per heavy atom. The molecular weight excluding hydrogens is 480 g/mol. The molecule has 0 unspecified atom stereocenters. The number of carbonyl (C=O) groups excluding carboxylic acids is 2. The van der Waals surface area contributed by atoms with Crippen LogP contribution in [-0.2, 0) is 11.4 Å². The third-order valence-electron chi connectivity index (χ3n) is 6.39. The summed E-state index contributed by atoms with van der Waals surface area (Å²) < 4.78 is 19.4. The van der Waals surface area contributed by atoms with Crippen LogP contribution < -0.4 is 24.8 Å². The Balaban J connectivity index is 1.44. The first kappa shape index (κ1) is 24.2. The number of hydrogen-bond donors (Lipinski definition) is 2. The van der Waals surface area contributed by atoms with Gasteiger partial charge in [0.1, 0.15) is 12.4 Å². The van der Waals surface area contributed by atoms with Gasteiger partial charge in [0.25, 0.3) is 5.91 Å². The molecule has 0 bridgehead atoms. The molecule has 1 fully saturated rings. The summed E-state index contributed by atoms with van der Waals surface area (Å²) in [5.41, 5.74) is 3.42. The number of aromatic nitrogens is 2. The maximum Gasteiger partial charge on any atom is 0.272 e. The molecule has 0 spiro atoms. The van der Waals surface area contributed by atoms with Crippen LogP contribution in [0.1, 0.15) is 49.2 Å². The van der Waals surface area contributed by atoms with E-state index in [1.807, 2.05) is 42.8 Å². The molecule has 2 aliphatic rings. The van der Waals surface area contributed by atoms with Crippen molar-refractivity contribution in [1.82, 2.24) is 20.4 Å². The third kappa shape index (κ3) is 4.65. The summed E-state index contributed by atoms with van der Waals surface area (Å²) in [6, 6.07) is 5.65. The Kier molecular flexibility index (Phi) is 6.86. The van der Waals surface area contributed by atoms with Gasteiger partial charge in [-0.05, 0) is 44.2 Å². The number of rotatable bonds is 9. The molecule has 3 aromatic rings. The highest BCUT2D eigenvalue weighted by atomic mass is 32.1. The summed E-state index contributed by atoms with van der Waals surface area (Å²) >= 11 is 1.55. The van der Waals surface area contributed by atoms with E-state index in [1.165, 1.54) is 0 Å². The average molecular weight is 511 g/mol. The van der Waals surface area contributed by atoms with E-state index in [2.05, 4.69) is 10.6 Å². The number of methoxy groups -OCH3 is 1. The number of thiophene rings is 1. The van der Waals surface area contributed by atoms with Gasteiger partial charge in [0, 0.05) is 41.6 Å². The first-order chi connectivity index (χ1) is 17.5. The molecule has 1 saturated carbocycles. The van der Waals surface area contributed by atoms with Gasteiger partial charge in [-0.25, -0.2) is 4.68 Å². The highest BCUT2D eigenvalue weighted by Gasteiger charge is 2.32. The third-order valence-corrected chi connectivity index (χ3v) is 7.06. The predicted molar refractivity (Wildman–Crippen MR) is 136 cm³/mol. The lowest BCUT2D eigenvalue weighted by molar-refractivity contribution is -0.127. The molecule has 190 valence electrons. The summed E-state index contributed by atoms with van der Waals surface area (Å²) in [6.07, 6.45) is 2.95. The van der Waals surface area contributed by atoms with Crippen LogP contribution in [-0.4, -0.2) is 47.9 Å². The summed E-state index contributed by atoms with van der Waals surface area (Å²) in [5, 5.41) is 14.4. The number of nitrogens with zero attached hydrogens (tertiary/aromatic N) is 2. The summed E-state index contributed by atoms with van der Waals surface area (Å²) in [5.74, 6) is 1.68. The number of hydrogen-bond acceptors (Lipinski definition) is 7. The van der Waals surface area contributed by atoms with Crippen molar-refractivity contribution in [3.63, 3.8) is 0 Å². The summed E-state index contributed by atoms with van der Waals surface area (Å²) in [7, 11) is 1.59. The molecule has 2 aromatic heterocycles. The highest BCUT2D eigenvalue weighted by Crippen LogP contribution is 2.46. The standard InChI is InChI=1S/C26H30N4O5S/c1-15(2)35-22-11-18-20(12-21(22)33-3)34-13-19-23(29-30(24(18)19)17-7-10-36-14-17)26(32)28-9-8-27-25(31)16-5-4-6-16/h7,10-12,14-16H,4-6,8-9,13H2,1-3H3,(H,27,31)(H,28,32). The Morgan fingerprint density at radius 3 is 2.69 bits per heavy atom. The molecule has 2 amide bonds. The van der Waals surface area contributed by atoms with Crippen molar-refractivity contribution in [1.29, 1.82) is 0 Å². The van der Waals surface area contributed by atoms with Gasteiger partial charge in [-0.2, -0.15) is 16.4 Å². The zero-order valence-electron chi connectivity index (χ0n) is 20.6. The van der Waals surface area contributed by atoms with Crippen LogP contribution in [0.15, 0.2) is 29.0 Å². The quantitative estimate of drug-likeness (QED) is 0.423. The van der Waals surface area contributed by atoms with Crippen LogP contribution >= 0.6 is 11.3 Å². The number of nitrogens with one attached hydrogen (secondary N) is 2. The van der Waals surface area contributed by atoms with E-state index < -0.39 is 0 Å². The number of carbonyl (C=O) groups is 2. The fraction of sp³-hybridized carbons (Fsp3) is 0.423. The smallest absolute Gasteiger partial charge is 0.272 e. The second-order valence-corrected chi connectivity index (χ2v) is 9.98. The lowest BCUT2D eigenvalue weighted by Crippen LogP contribution is -2.39. The maximum atomic E-state index is 13.2. The molecule has 1 aliphatic heterocycles. The van der Waals surface area contributed by atoms with Crippen LogP contribution in [0.4, 0.5) is 0 Å². The van der Waals surface area contributed by atoms with E-state index in [4.69, 9.17) is 19.3 Å². The van der Waals surface area contributed by atoms with E-state index >= 15 is 0 Å². The normalized spacial score (nSPS) is 14.3. The van der Waals surface area contributed by atoms with Gasteiger partial charge >= 0.3 is 0 Å². The molecule has 10 heteroatoms. The minimum atomic E-state index is -0.308. The Morgan fingerprint density at radius 2 is 2.03 bits per heavy atom. The minimum absolute atomic E-state index is 0.0474. The molecular formula is C26H30N4O5S. The molecule has 1 aliphatic carbocycles. The molecule has 0 radical (unpaired) electrons. The first-order valence-corrected chi connectivity index (χ1v) is 13.1. The van der Waals surface area contributed by atoms with Crippen LogP contribution in [0.5, 0.6) is 17.2 Å². The maximum absolute atomic E-state index is 13.2. The van der Waals surface area contributed by atoms with Gasteiger partial charge < -0.3 is 24.8 Å². The monoisotopic (exact) mass is 510 g/mol. The zero-order chi connectivity index (χ0) is 25.2. The second kappa shape index (κ2) is 10.2. The van der Waals surface area contributed by atoms with Gasteiger partial charge in [-0.1, -0.05) is 6.42 Å². The van der Waals surface area contributed by atoms with Gasteiger partial charge in [0.2, 0.25) is 5.91 Å². The lowest BCUT2D eigenvalue weighted by Gasteiger charge is -2.24. The fourth-order valence-electron chi connectivity index (χ4n) is 4.37. The summed E-state index contributed by atoms with van der Waals surface area (Å²) in [6.45, 7) is 4.80. The zero-order valence-corrected chi connectivity index (χ0v) is 21.4. The van der Waals surface area contributed by atoms with E-state index in [0.717, 1.165) is 36.2 Å². The van der Waals surface area contributed by atoms with Gasteiger partial charge in [0.05, 0.1) is 24.6 Å². The highest BCUT2D eigenvalue weighted by molar-refractivity contribution is 7.08. The molecule has 0 saturated heterocycles. The average Bonchev–Trinajstić information content (AvgIpc) is 3.48. The van der Waals surface area contributed by atoms with E-state index in [9.17, 15) is 9.59 Å². The Hall–Kier alpha value is -3.53. The Bertz CT molecular complexity index is 1260. The van der Waals surface area contributed by atoms with Crippen LogP contribution in [0.25, 0.3) is 16.9 Å². The van der Waals surface area contributed by atoms with E-state index in [0.29, 0.717) is 41.6 Å². The van der Waals surface area contributed by atoms with Crippen molar-refractivity contribution in [2.45, 2.75) is 45.8 Å². The van der Waals surface area contributed by atoms with E-state index in [-0.39, 0.29) is 30.4 Å². The lowest BCUT2D eigenvalue weighted by atomic mass is 9.85. The van der Waals surface area contributed by atoms with Crippen molar-refractivity contribution < 1.29 is 23.8 Å². The van der Waals surface area contributed by atoms with Gasteiger partial charge in [0.15, 0.2) is 17.2 Å². The van der Waals surface area contributed by atoms with Crippen molar-refractivity contribution >= 4 is 23.2 Å². The van der Waals surface area contributed by atoms with E-state index in [1.54, 1.807) is 23.1 Å². The van der Waals surface area contributed by atoms with Crippen LogP contribution in [0.2, 0.25) is 0 Å². The number of amides is 2. The minimum Gasteiger partial charge on any atom is -0.493 e. The summed E-state index contributed by atoms with van der Waals surface area (Å²) in [4.78, 5) is 25.2. The SMILES string of the molecule is COc1cc2c(cc1OC(C)C)-c1c(c(C(=O)NCCNC(=O)C3CCC3)nn1-c1ccsc1)CO2.